The van der Waals surface area contributed by atoms with Gasteiger partial charge in [-0.15, -0.1) is 11.8 Å². The van der Waals surface area contributed by atoms with Crippen LogP contribution >= 0.6 is 11.8 Å². The standard InChI is InChI=1S/C22H22N2O5S/c25-16-13-30-21-18(23-17(26)11-14-7-3-1-4-8-14)20(27)24(21)19(16)22(28)29-12-15-9-5-2-6-10-15/h1-10,16,18-19,21,25H,11-13H2,(H,23,26)/t16?,18-,19-,21-/m1/s1. The van der Waals surface area contributed by atoms with Gasteiger partial charge in [-0.3, -0.25) is 9.59 Å². The maximum atomic E-state index is 12.7. The molecule has 2 fully saturated rings. The number of amides is 2. The molecule has 0 radical (unpaired) electrons. The number of nitrogens with one attached hydrogen (secondary N) is 1. The second kappa shape index (κ2) is 8.89. The summed E-state index contributed by atoms with van der Waals surface area (Å²) >= 11 is 1.35. The van der Waals surface area contributed by atoms with Crippen molar-refractivity contribution >= 4 is 29.5 Å². The van der Waals surface area contributed by atoms with Crippen LogP contribution in [0.3, 0.4) is 0 Å². The molecular weight excluding hydrogens is 404 g/mol. The molecule has 2 aromatic carbocycles. The maximum absolute atomic E-state index is 12.7. The Hall–Kier alpha value is -2.84. The lowest BCUT2D eigenvalue weighted by atomic mass is 9.99. The Morgan fingerprint density at radius 2 is 1.70 bits per heavy atom. The van der Waals surface area contributed by atoms with Crippen molar-refractivity contribution in [1.82, 2.24) is 10.2 Å². The molecule has 2 saturated heterocycles. The normalized spacial score (nSPS) is 25.1. The van der Waals surface area contributed by atoms with Gasteiger partial charge in [0, 0.05) is 5.75 Å². The van der Waals surface area contributed by atoms with Crippen LogP contribution < -0.4 is 5.32 Å². The van der Waals surface area contributed by atoms with E-state index in [1.165, 1.54) is 16.7 Å². The first-order chi connectivity index (χ1) is 14.5. The third-order valence-corrected chi connectivity index (χ3v) is 6.55. The van der Waals surface area contributed by atoms with E-state index >= 15 is 0 Å². The maximum Gasteiger partial charge on any atom is 0.331 e. The fourth-order valence-electron chi connectivity index (χ4n) is 3.66. The van der Waals surface area contributed by atoms with Gasteiger partial charge in [0.1, 0.15) is 18.0 Å². The third kappa shape index (κ3) is 4.20. The highest BCUT2D eigenvalue weighted by molar-refractivity contribution is 8.00. The monoisotopic (exact) mass is 426 g/mol. The number of hydrogen-bond donors (Lipinski definition) is 2. The number of thioether (sulfide) groups is 1. The number of β-lactam (4-membered cyclic amide) rings is 1. The molecule has 4 atom stereocenters. The molecule has 0 bridgehead atoms. The van der Waals surface area contributed by atoms with E-state index in [9.17, 15) is 19.5 Å². The van der Waals surface area contributed by atoms with Crippen LogP contribution in [0.1, 0.15) is 11.1 Å². The van der Waals surface area contributed by atoms with Crippen molar-refractivity contribution in [3.8, 4) is 0 Å². The number of esters is 1. The predicted molar refractivity (Wildman–Crippen MR) is 111 cm³/mol. The Balaban J connectivity index is 1.37. The first-order valence-corrected chi connectivity index (χ1v) is 10.7. The quantitative estimate of drug-likeness (QED) is 0.531. The van der Waals surface area contributed by atoms with Crippen molar-refractivity contribution in [2.24, 2.45) is 0 Å². The van der Waals surface area contributed by atoms with E-state index in [4.69, 9.17) is 4.74 Å². The van der Waals surface area contributed by atoms with Crippen LogP contribution in [0.2, 0.25) is 0 Å². The molecule has 1 unspecified atom stereocenters. The number of fused-ring (bicyclic) bond motifs is 1. The van der Waals surface area contributed by atoms with Crippen LogP contribution in [0.15, 0.2) is 60.7 Å². The van der Waals surface area contributed by atoms with Gasteiger partial charge in [-0.05, 0) is 11.1 Å². The lowest BCUT2D eigenvalue weighted by molar-refractivity contribution is -0.172. The lowest BCUT2D eigenvalue weighted by Crippen LogP contribution is -2.76. The van der Waals surface area contributed by atoms with Crippen LogP contribution in [0.5, 0.6) is 0 Å². The minimum atomic E-state index is -1.06. The second-order valence-electron chi connectivity index (χ2n) is 7.28. The summed E-state index contributed by atoms with van der Waals surface area (Å²) in [5, 5.41) is 12.7. The zero-order valence-corrected chi connectivity index (χ0v) is 17.0. The number of carbonyl (C=O) groups excluding carboxylic acids is 3. The lowest BCUT2D eigenvalue weighted by Gasteiger charge is -2.53. The second-order valence-corrected chi connectivity index (χ2v) is 8.43. The minimum absolute atomic E-state index is 0.0694. The molecule has 2 aliphatic heterocycles. The Labute approximate surface area is 178 Å². The zero-order chi connectivity index (χ0) is 21.1. The van der Waals surface area contributed by atoms with Crippen LogP contribution in [-0.2, 0) is 32.1 Å². The Bertz CT molecular complexity index is 924. The number of hydrogen-bond acceptors (Lipinski definition) is 6. The molecule has 2 aromatic rings. The van der Waals surface area contributed by atoms with Crippen LogP contribution in [0, 0.1) is 0 Å². The Morgan fingerprint density at radius 3 is 2.37 bits per heavy atom. The van der Waals surface area contributed by atoms with Gasteiger partial charge < -0.3 is 20.1 Å². The summed E-state index contributed by atoms with van der Waals surface area (Å²) in [6, 6.07) is 16.7. The Kier molecular flexibility index (Phi) is 6.06. The van der Waals surface area contributed by atoms with Crippen LogP contribution in [-0.4, -0.2) is 57.1 Å². The average Bonchev–Trinajstić information content (AvgIpc) is 2.77. The molecule has 2 aliphatic rings. The number of nitrogens with zero attached hydrogens (tertiary/aromatic N) is 1. The van der Waals surface area contributed by atoms with Crippen molar-refractivity contribution in [1.29, 1.82) is 0 Å². The summed E-state index contributed by atoms with van der Waals surface area (Å²) in [5.41, 5.74) is 1.68. The van der Waals surface area contributed by atoms with Gasteiger partial charge in [-0.2, -0.15) is 0 Å². The molecule has 8 heteroatoms. The number of aliphatic hydroxyl groups is 1. The van der Waals surface area contributed by atoms with Crippen molar-refractivity contribution in [3.05, 3.63) is 71.8 Å². The van der Waals surface area contributed by atoms with Gasteiger partial charge >= 0.3 is 5.97 Å². The van der Waals surface area contributed by atoms with Gasteiger partial charge in [0.25, 0.3) is 0 Å². The molecule has 30 heavy (non-hydrogen) atoms. The molecule has 0 spiro atoms. The van der Waals surface area contributed by atoms with Crippen molar-refractivity contribution in [3.63, 3.8) is 0 Å². The molecule has 2 N–H and O–H groups in total. The summed E-state index contributed by atoms with van der Waals surface area (Å²) in [5.74, 6) is -0.993. The van der Waals surface area contributed by atoms with Crippen LogP contribution in [0.25, 0.3) is 0 Å². The first kappa shape index (κ1) is 20.4. The van der Waals surface area contributed by atoms with Crippen molar-refractivity contribution in [2.75, 3.05) is 5.75 Å². The first-order valence-electron chi connectivity index (χ1n) is 9.70. The van der Waals surface area contributed by atoms with E-state index in [-0.39, 0.29) is 30.6 Å². The molecule has 156 valence electrons. The SMILES string of the molecule is O=C(Cc1ccccc1)N[C@@H]1C(=O)N2[C@@H]1SCC(O)[C@@H]2C(=O)OCc1ccccc1. The summed E-state index contributed by atoms with van der Waals surface area (Å²) in [4.78, 5) is 39.0. The summed E-state index contributed by atoms with van der Waals surface area (Å²) in [6.07, 6.45) is -0.841. The van der Waals surface area contributed by atoms with E-state index in [0.29, 0.717) is 0 Å². The highest BCUT2D eigenvalue weighted by Gasteiger charge is 2.58. The molecule has 2 amide bonds. The highest BCUT2D eigenvalue weighted by Crippen LogP contribution is 2.38. The van der Waals surface area contributed by atoms with E-state index in [0.717, 1.165) is 11.1 Å². The largest absolute Gasteiger partial charge is 0.459 e. The number of ether oxygens (including phenoxy) is 1. The molecule has 4 rings (SSSR count). The minimum Gasteiger partial charge on any atom is -0.459 e. The van der Waals surface area contributed by atoms with Gasteiger partial charge in [-0.1, -0.05) is 60.7 Å². The fraction of sp³-hybridized carbons (Fsp3) is 0.318. The van der Waals surface area contributed by atoms with E-state index in [1.54, 1.807) is 0 Å². The van der Waals surface area contributed by atoms with E-state index in [1.807, 2.05) is 60.7 Å². The van der Waals surface area contributed by atoms with Crippen molar-refractivity contribution in [2.45, 2.75) is 36.6 Å². The predicted octanol–water partition coefficient (Wildman–Crippen LogP) is 1.10. The number of benzene rings is 2. The molecular formula is C22H22N2O5S. The van der Waals surface area contributed by atoms with Gasteiger partial charge in [0.05, 0.1) is 12.5 Å². The van der Waals surface area contributed by atoms with Gasteiger partial charge in [-0.25, -0.2) is 4.79 Å². The number of carbonyl (C=O) groups is 3. The average molecular weight is 426 g/mol. The third-order valence-electron chi connectivity index (χ3n) is 5.17. The van der Waals surface area contributed by atoms with Gasteiger partial charge in [0.2, 0.25) is 11.8 Å². The fourth-order valence-corrected chi connectivity index (χ4v) is 5.00. The van der Waals surface area contributed by atoms with Gasteiger partial charge in [0.15, 0.2) is 6.04 Å². The molecule has 2 heterocycles. The summed E-state index contributed by atoms with van der Waals surface area (Å²) < 4.78 is 5.34. The zero-order valence-electron chi connectivity index (χ0n) is 16.1. The number of aliphatic hydroxyl groups excluding tert-OH is 1. The molecule has 0 aliphatic carbocycles. The summed E-state index contributed by atoms with van der Waals surface area (Å²) in [6.45, 7) is 0.0694. The molecule has 0 saturated carbocycles. The smallest absolute Gasteiger partial charge is 0.331 e. The van der Waals surface area contributed by atoms with E-state index < -0.39 is 29.5 Å². The van der Waals surface area contributed by atoms with Crippen LogP contribution in [0.4, 0.5) is 0 Å². The highest BCUT2D eigenvalue weighted by atomic mass is 32.2. The van der Waals surface area contributed by atoms with E-state index in [2.05, 4.69) is 5.32 Å². The molecule has 0 aromatic heterocycles. The Morgan fingerprint density at radius 1 is 1.07 bits per heavy atom. The van der Waals surface area contributed by atoms with Crippen molar-refractivity contribution < 1.29 is 24.2 Å². The number of rotatable bonds is 6. The topological polar surface area (TPSA) is 95.9 Å². The molecule has 7 nitrogen and oxygen atoms in total. The summed E-state index contributed by atoms with van der Waals surface area (Å²) in [7, 11) is 0.